The van der Waals surface area contributed by atoms with Gasteiger partial charge < -0.3 is 14.4 Å². The average molecular weight is 478 g/mol. The highest BCUT2D eigenvalue weighted by atomic mass is 32.2. The van der Waals surface area contributed by atoms with E-state index in [9.17, 15) is 9.59 Å². The molecule has 1 aliphatic heterocycles. The second kappa shape index (κ2) is 12.0. The number of carboxylic acid groups (broad SMARTS) is 1. The van der Waals surface area contributed by atoms with Gasteiger partial charge in [-0.05, 0) is 39.6 Å². The number of thioether (sulfide) groups is 1. The van der Waals surface area contributed by atoms with Crippen molar-refractivity contribution in [2.24, 2.45) is 0 Å². The first kappa shape index (κ1) is 25.9. The number of aryl methyl sites for hydroxylation is 1. The lowest BCUT2D eigenvalue weighted by molar-refractivity contribution is -0.138. The molecule has 33 heavy (non-hydrogen) atoms. The van der Waals surface area contributed by atoms with Crippen LogP contribution in [-0.4, -0.2) is 69.7 Å². The van der Waals surface area contributed by atoms with E-state index in [0.29, 0.717) is 40.1 Å². The molecule has 1 unspecified atom stereocenters. The van der Waals surface area contributed by atoms with Crippen molar-refractivity contribution in [3.05, 3.63) is 46.3 Å². The molecule has 2 heterocycles. The molecule has 3 rings (SSSR count). The Morgan fingerprint density at radius 1 is 1.36 bits per heavy atom. The first-order valence-electron chi connectivity index (χ1n) is 10.0. The first-order valence-corrected chi connectivity index (χ1v) is 10.9. The number of ether oxygens (including phenoxy) is 1. The average Bonchev–Trinajstić information content (AvgIpc) is 3.36. The standard InChI is InChI=1S/C20H25N5O4S.CH2O2/c1-6-10-28-19(27)16-12(2)25(20(30-16)24(4)5)22-18(26)15-9-7-8-14(11-15)17-21-13(3)29-23-17;2-1-3/h7-9,11,20H,6,10H2,1-5H3,(H,22,26);1H,(H,2,3). The summed E-state index contributed by atoms with van der Waals surface area (Å²) in [5.74, 6) is 0.178. The topological polar surface area (TPSA) is 138 Å². The predicted molar refractivity (Wildman–Crippen MR) is 121 cm³/mol. The van der Waals surface area contributed by atoms with E-state index in [2.05, 4.69) is 15.6 Å². The number of esters is 1. The van der Waals surface area contributed by atoms with Gasteiger partial charge in [0.15, 0.2) is 5.50 Å². The van der Waals surface area contributed by atoms with E-state index < -0.39 is 0 Å². The highest BCUT2D eigenvalue weighted by Crippen LogP contribution is 2.38. The number of aromatic nitrogens is 2. The van der Waals surface area contributed by atoms with Gasteiger partial charge in [0.2, 0.25) is 11.7 Å². The Morgan fingerprint density at radius 3 is 2.64 bits per heavy atom. The fraction of sp³-hybridized carbons (Fsp3) is 0.381. The molecule has 0 radical (unpaired) electrons. The van der Waals surface area contributed by atoms with E-state index >= 15 is 0 Å². The van der Waals surface area contributed by atoms with E-state index in [4.69, 9.17) is 19.2 Å². The molecule has 0 aliphatic carbocycles. The second-order valence-corrected chi connectivity index (χ2v) is 8.16. The number of rotatable bonds is 7. The first-order chi connectivity index (χ1) is 15.7. The normalized spacial score (nSPS) is 15.2. The number of benzene rings is 1. The number of nitrogens with zero attached hydrogens (tertiary/aromatic N) is 4. The summed E-state index contributed by atoms with van der Waals surface area (Å²) in [7, 11) is 3.76. The van der Waals surface area contributed by atoms with Gasteiger partial charge in [0.1, 0.15) is 4.91 Å². The number of carbonyl (C=O) groups excluding carboxylic acids is 2. The van der Waals surface area contributed by atoms with E-state index in [0.717, 1.165) is 6.42 Å². The van der Waals surface area contributed by atoms with Crippen LogP contribution in [0.3, 0.4) is 0 Å². The third kappa shape index (κ3) is 6.56. The molecule has 0 spiro atoms. The van der Waals surface area contributed by atoms with Crippen LogP contribution in [0.2, 0.25) is 0 Å². The molecule has 11 nitrogen and oxygen atoms in total. The van der Waals surface area contributed by atoms with E-state index in [1.165, 1.54) is 11.8 Å². The largest absolute Gasteiger partial charge is 0.483 e. The molecular formula is C21H27N5O6S. The number of allylic oxidation sites excluding steroid dienone is 1. The molecule has 0 bridgehead atoms. The molecule has 2 N–H and O–H groups in total. The van der Waals surface area contributed by atoms with Crippen molar-refractivity contribution in [2.75, 3.05) is 20.7 Å². The maximum absolute atomic E-state index is 13.0. The SMILES string of the molecule is CCCOC(=O)C1=C(C)N(NC(=O)c2cccc(-c3noc(C)n3)c2)C(N(C)C)S1.O=CO. The van der Waals surface area contributed by atoms with Gasteiger partial charge in [0, 0.05) is 18.1 Å². The monoisotopic (exact) mass is 477 g/mol. The van der Waals surface area contributed by atoms with Gasteiger partial charge in [-0.3, -0.25) is 24.9 Å². The molecule has 1 amide bonds. The van der Waals surface area contributed by atoms with Crippen LogP contribution in [0.5, 0.6) is 0 Å². The van der Waals surface area contributed by atoms with Crippen LogP contribution in [0.1, 0.15) is 36.5 Å². The Kier molecular flexibility index (Phi) is 9.43. The zero-order chi connectivity index (χ0) is 24.5. The summed E-state index contributed by atoms with van der Waals surface area (Å²) in [4.78, 5) is 40.3. The molecule has 0 saturated heterocycles. The minimum absolute atomic E-state index is 0.250. The summed E-state index contributed by atoms with van der Waals surface area (Å²) in [5.41, 5.74) is 4.38. The van der Waals surface area contributed by atoms with Crippen LogP contribution in [0.4, 0.5) is 0 Å². The minimum Gasteiger partial charge on any atom is -0.483 e. The van der Waals surface area contributed by atoms with Gasteiger partial charge in [-0.1, -0.05) is 36.0 Å². The van der Waals surface area contributed by atoms with Gasteiger partial charge in [-0.15, -0.1) is 0 Å². The van der Waals surface area contributed by atoms with Crippen molar-refractivity contribution in [1.82, 2.24) is 25.5 Å². The smallest absolute Gasteiger partial charge is 0.346 e. The molecule has 0 fully saturated rings. The zero-order valence-electron chi connectivity index (χ0n) is 19.1. The molecule has 1 aromatic carbocycles. The molecule has 12 heteroatoms. The third-order valence-corrected chi connectivity index (χ3v) is 5.87. The number of hydrazine groups is 1. The Hall–Kier alpha value is -3.38. The van der Waals surface area contributed by atoms with Gasteiger partial charge in [0.25, 0.3) is 12.4 Å². The van der Waals surface area contributed by atoms with E-state index in [1.807, 2.05) is 32.0 Å². The zero-order valence-corrected chi connectivity index (χ0v) is 19.9. The van der Waals surface area contributed by atoms with Crippen LogP contribution in [0.25, 0.3) is 11.4 Å². The van der Waals surface area contributed by atoms with Crippen molar-refractivity contribution in [2.45, 2.75) is 32.7 Å². The van der Waals surface area contributed by atoms with E-state index in [-0.39, 0.29) is 23.8 Å². The molecule has 178 valence electrons. The molecule has 2 aromatic rings. The van der Waals surface area contributed by atoms with Crippen molar-refractivity contribution in [3.63, 3.8) is 0 Å². The highest BCUT2D eigenvalue weighted by molar-refractivity contribution is 8.04. The molecular weight excluding hydrogens is 450 g/mol. The van der Waals surface area contributed by atoms with Crippen LogP contribution in [0, 0.1) is 6.92 Å². The van der Waals surface area contributed by atoms with Crippen LogP contribution in [-0.2, 0) is 14.3 Å². The maximum atomic E-state index is 13.0. The summed E-state index contributed by atoms with van der Waals surface area (Å²) in [6, 6.07) is 6.97. The number of nitrogens with one attached hydrogen (secondary N) is 1. The fourth-order valence-electron chi connectivity index (χ4n) is 2.84. The molecule has 1 aromatic heterocycles. The number of hydrogen-bond acceptors (Lipinski definition) is 10. The summed E-state index contributed by atoms with van der Waals surface area (Å²) < 4.78 is 10.3. The number of carbonyl (C=O) groups is 3. The second-order valence-electron chi connectivity index (χ2n) is 7.09. The quantitative estimate of drug-likeness (QED) is 0.449. The van der Waals surface area contributed by atoms with Crippen molar-refractivity contribution in [3.8, 4) is 11.4 Å². The number of amides is 1. The van der Waals surface area contributed by atoms with Crippen molar-refractivity contribution < 1.29 is 28.8 Å². The van der Waals surface area contributed by atoms with Crippen LogP contribution < -0.4 is 5.43 Å². The predicted octanol–water partition coefficient (Wildman–Crippen LogP) is 2.47. The summed E-state index contributed by atoms with van der Waals surface area (Å²) >= 11 is 1.34. The van der Waals surface area contributed by atoms with Crippen LogP contribution in [0.15, 0.2) is 39.4 Å². The Morgan fingerprint density at radius 2 is 2.06 bits per heavy atom. The fourth-order valence-corrected chi connectivity index (χ4v) is 4.00. The molecule has 0 saturated carbocycles. The third-order valence-electron chi connectivity index (χ3n) is 4.33. The lowest BCUT2D eigenvalue weighted by atomic mass is 10.1. The maximum Gasteiger partial charge on any atom is 0.346 e. The molecule has 1 atom stereocenters. The minimum atomic E-state index is -0.377. The van der Waals surface area contributed by atoms with Gasteiger partial charge in [-0.25, -0.2) is 4.79 Å². The Balaban J connectivity index is 0.00000122. The summed E-state index contributed by atoms with van der Waals surface area (Å²) in [6.45, 7) is 5.54. The lowest BCUT2D eigenvalue weighted by Crippen LogP contribution is -2.49. The van der Waals surface area contributed by atoms with Gasteiger partial charge in [-0.2, -0.15) is 4.98 Å². The van der Waals surface area contributed by atoms with Crippen molar-refractivity contribution in [1.29, 1.82) is 0 Å². The Labute approximate surface area is 195 Å². The van der Waals surface area contributed by atoms with Crippen LogP contribution >= 0.6 is 11.8 Å². The van der Waals surface area contributed by atoms with E-state index in [1.54, 1.807) is 37.1 Å². The van der Waals surface area contributed by atoms with Gasteiger partial charge >= 0.3 is 5.97 Å². The lowest BCUT2D eigenvalue weighted by Gasteiger charge is -2.31. The summed E-state index contributed by atoms with van der Waals surface area (Å²) in [6.07, 6.45) is 0.747. The molecule has 1 aliphatic rings. The van der Waals surface area contributed by atoms with Crippen molar-refractivity contribution >= 4 is 30.1 Å². The number of hydrogen-bond donors (Lipinski definition) is 2. The highest BCUT2D eigenvalue weighted by Gasteiger charge is 2.37. The summed E-state index contributed by atoms with van der Waals surface area (Å²) in [5, 5.41) is 12.5. The Bertz CT molecular complexity index is 1020. The van der Waals surface area contributed by atoms with Gasteiger partial charge in [0.05, 0.1) is 12.3 Å².